The van der Waals surface area contributed by atoms with Crippen molar-refractivity contribution in [1.82, 2.24) is 19.7 Å². The lowest BCUT2D eigenvalue weighted by molar-refractivity contribution is 0.0988. The molecule has 4 heterocycles. The fourth-order valence-electron chi connectivity index (χ4n) is 4.10. The monoisotopic (exact) mass is 423 g/mol. The number of hydrogen-bond acceptors (Lipinski definition) is 8. The molecule has 9 nitrogen and oxygen atoms in total. The van der Waals surface area contributed by atoms with E-state index in [4.69, 9.17) is 0 Å². The van der Waals surface area contributed by atoms with Crippen molar-refractivity contribution in [2.24, 2.45) is 7.05 Å². The standard InChI is InChI=1S/C20H21N7O2S/c1-21-19-22-10-15-16(23-19)26-8-4-7-14(26)11-27(18(15)28)13-6-3-5-12(9-13)17-24-25(2)20(29)30-17/h3,5-6,9-10,14H,4,7-8,11H2,1-2H3,(H,21,22,23)/t14-/m0/s1. The molecular weight excluding hydrogens is 402 g/mol. The van der Waals surface area contributed by atoms with Crippen LogP contribution in [0.4, 0.5) is 17.5 Å². The van der Waals surface area contributed by atoms with Gasteiger partial charge in [-0.15, -0.1) is 0 Å². The normalized spacial score (nSPS) is 18.2. The topological polar surface area (TPSA) is 96.2 Å². The van der Waals surface area contributed by atoms with Crippen LogP contribution in [0, 0.1) is 0 Å². The van der Waals surface area contributed by atoms with Crippen LogP contribution >= 0.6 is 11.3 Å². The first-order valence-electron chi connectivity index (χ1n) is 9.83. The molecule has 1 saturated heterocycles. The molecule has 5 rings (SSSR count). The molecule has 1 amide bonds. The SMILES string of the molecule is CNc1ncc2c(n1)N1CCC[C@H]1CN(c1cccc(-c3nn(C)c(=O)s3)c1)C2=O. The first-order chi connectivity index (χ1) is 14.5. The van der Waals surface area contributed by atoms with Crippen LogP contribution in [0.25, 0.3) is 10.6 Å². The molecule has 0 unspecified atom stereocenters. The van der Waals surface area contributed by atoms with Crippen LogP contribution in [0.3, 0.4) is 0 Å². The molecule has 2 aliphatic heterocycles. The van der Waals surface area contributed by atoms with Crippen molar-refractivity contribution >= 4 is 34.7 Å². The van der Waals surface area contributed by atoms with Crippen molar-refractivity contribution in [2.75, 3.05) is 35.3 Å². The number of aryl methyl sites for hydroxylation is 1. The molecule has 0 aliphatic carbocycles. The van der Waals surface area contributed by atoms with Crippen LogP contribution in [-0.2, 0) is 7.05 Å². The molecule has 3 aromatic rings. The van der Waals surface area contributed by atoms with Gasteiger partial charge < -0.3 is 15.1 Å². The first kappa shape index (κ1) is 18.7. The fourth-order valence-corrected chi connectivity index (χ4v) is 4.85. The highest BCUT2D eigenvalue weighted by Crippen LogP contribution is 2.35. The summed E-state index contributed by atoms with van der Waals surface area (Å²) in [5.41, 5.74) is 2.10. The molecule has 2 aromatic heterocycles. The number of benzene rings is 1. The maximum atomic E-state index is 13.5. The second-order valence-electron chi connectivity index (χ2n) is 7.43. The van der Waals surface area contributed by atoms with Crippen LogP contribution in [0.1, 0.15) is 23.2 Å². The minimum Gasteiger partial charge on any atom is -0.357 e. The summed E-state index contributed by atoms with van der Waals surface area (Å²) >= 11 is 1.09. The Hall–Kier alpha value is -3.27. The van der Waals surface area contributed by atoms with E-state index in [2.05, 4.69) is 25.3 Å². The number of aromatic nitrogens is 4. The Kier molecular flexibility index (Phi) is 4.50. The van der Waals surface area contributed by atoms with E-state index in [-0.39, 0.29) is 16.8 Å². The molecule has 1 atom stereocenters. The van der Waals surface area contributed by atoms with Crippen molar-refractivity contribution in [3.63, 3.8) is 0 Å². The van der Waals surface area contributed by atoms with E-state index in [0.717, 1.165) is 42.0 Å². The zero-order valence-corrected chi connectivity index (χ0v) is 17.5. The average molecular weight is 424 g/mol. The lowest BCUT2D eigenvalue weighted by atomic mass is 10.1. The fraction of sp³-hybridized carbons (Fsp3) is 0.350. The summed E-state index contributed by atoms with van der Waals surface area (Å²) in [4.78, 5) is 38.1. The van der Waals surface area contributed by atoms with Crippen LogP contribution in [0.5, 0.6) is 0 Å². The summed E-state index contributed by atoms with van der Waals surface area (Å²) in [6, 6.07) is 7.83. The summed E-state index contributed by atoms with van der Waals surface area (Å²) in [5.74, 6) is 1.09. The van der Waals surface area contributed by atoms with Gasteiger partial charge in [-0.05, 0) is 25.0 Å². The molecular formula is C20H21N7O2S. The van der Waals surface area contributed by atoms with E-state index in [1.807, 2.05) is 24.3 Å². The van der Waals surface area contributed by atoms with Crippen LogP contribution < -0.4 is 20.0 Å². The van der Waals surface area contributed by atoms with Crippen LogP contribution in [0.2, 0.25) is 0 Å². The Morgan fingerprint density at radius 1 is 1.27 bits per heavy atom. The number of carbonyl (C=O) groups excluding carboxylic acids is 1. The minimum atomic E-state index is -0.117. The summed E-state index contributed by atoms with van der Waals surface area (Å²) < 4.78 is 1.33. The predicted octanol–water partition coefficient (Wildman–Crippen LogP) is 1.97. The third kappa shape index (κ3) is 3.04. The van der Waals surface area contributed by atoms with Gasteiger partial charge in [-0.2, -0.15) is 10.1 Å². The van der Waals surface area contributed by atoms with Gasteiger partial charge in [0.25, 0.3) is 5.91 Å². The van der Waals surface area contributed by atoms with Crippen molar-refractivity contribution < 1.29 is 4.79 Å². The molecule has 10 heteroatoms. The van der Waals surface area contributed by atoms with E-state index in [0.29, 0.717) is 28.9 Å². The van der Waals surface area contributed by atoms with Crippen molar-refractivity contribution in [3.05, 3.63) is 45.7 Å². The quantitative estimate of drug-likeness (QED) is 0.688. The molecule has 1 aromatic carbocycles. The van der Waals surface area contributed by atoms with Crippen LogP contribution in [-0.4, -0.2) is 51.8 Å². The van der Waals surface area contributed by atoms with Gasteiger partial charge in [0.05, 0.1) is 0 Å². The van der Waals surface area contributed by atoms with Gasteiger partial charge in [0.15, 0.2) is 0 Å². The van der Waals surface area contributed by atoms with Gasteiger partial charge in [0.1, 0.15) is 16.4 Å². The second kappa shape index (κ2) is 7.21. The number of fused-ring (bicyclic) bond motifs is 3. The number of anilines is 3. The van der Waals surface area contributed by atoms with E-state index in [1.54, 1.807) is 25.2 Å². The summed E-state index contributed by atoms with van der Waals surface area (Å²) in [6.45, 7) is 1.45. The largest absolute Gasteiger partial charge is 0.357 e. The number of nitrogens with zero attached hydrogens (tertiary/aromatic N) is 6. The Labute approximate surface area is 177 Å². The summed E-state index contributed by atoms with van der Waals surface area (Å²) in [5, 5.41) is 7.89. The molecule has 1 fully saturated rings. The van der Waals surface area contributed by atoms with E-state index >= 15 is 0 Å². The molecule has 2 aliphatic rings. The molecule has 0 radical (unpaired) electrons. The molecule has 0 saturated carbocycles. The third-order valence-electron chi connectivity index (χ3n) is 5.60. The molecule has 0 spiro atoms. The number of carbonyl (C=O) groups is 1. The van der Waals surface area contributed by atoms with Gasteiger partial charge in [-0.3, -0.25) is 9.59 Å². The zero-order valence-electron chi connectivity index (χ0n) is 16.7. The van der Waals surface area contributed by atoms with Gasteiger partial charge in [0, 0.05) is 50.7 Å². The molecule has 30 heavy (non-hydrogen) atoms. The highest BCUT2D eigenvalue weighted by atomic mass is 32.1. The van der Waals surface area contributed by atoms with E-state index in [9.17, 15) is 9.59 Å². The van der Waals surface area contributed by atoms with Crippen LogP contribution in [0.15, 0.2) is 35.3 Å². The molecule has 0 bridgehead atoms. The van der Waals surface area contributed by atoms with Gasteiger partial charge in [-0.25, -0.2) is 9.67 Å². The average Bonchev–Trinajstić information content (AvgIpc) is 3.34. The maximum absolute atomic E-state index is 13.5. The Bertz CT molecular complexity index is 1190. The lowest BCUT2D eigenvalue weighted by Gasteiger charge is -2.27. The molecule has 154 valence electrons. The highest BCUT2D eigenvalue weighted by molar-refractivity contribution is 7.12. The Morgan fingerprint density at radius 3 is 2.90 bits per heavy atom. The van der Waals surface area contributed by atoms with Gasteiger partial charge >= 0.3 is 4.87 Å². The van der Waals surface area contributed by atoms with Crippen molar-refractivity contribution in [3.8, 4) is 10.6 Å². The van der Waals surface area contributed by atoms with Crippen molar-refractivity contribution in [1.29, 1.82) is 0 Å². The lowest BCUT2D eigenvalue weighted by Crippen LogP contribution is -2.39. The number of nitrogens with one attached hydrogen (secondary N) is 1. The molecule has 1 N–H and O–H groups in total. The Morgan fingerprint density at radius 2 is 2.13 bits per heavy atom. The summed E-state index contributed by atoms with van der Waals surface area (Å²) in [6.07, 6.45) is 3.68. The van der Waals surface area contributed by atoms with Gasteiger partial charge in [0.2, 0.25) is 5.95 Å². The smallest absolute Gasteiger partial charge is 0.325 e. The minimum absolute atomic E-state index is 0.116. The van der Waals surface area contributed by atoms with E-state index in [1.165, 1.54) is 4.68 Å². The second-order valence-corrected chi connectivity index (χ2v) is 8.37. The zero-order chi connectivity index (χ0) is 20.8. The third-order valence-corrected chi connectivity index (χ3v) is 6.55. The maximum Gasteiger partial charge on any atom is 0.325 e. The predicted molar refractivity (Wildman–Crippen MR) is 116 cm³/mol. The summed E-state index contributed by atoms with van der Waals surface area (Å²) in [7, 11) is 3.40. The van der Waals surface area contributed by atoms with E-state index < -0.39 is 0 Å². The van der Waals surface area contributed by atoms with Crippen molar-refractivity contribution in [2.45, 2.75) is 18.9 Å². The van der Waals surface area contributed by atoms with Gasteiger partial charge in [-0.1, -0.05) is 23.5 Å². The highest BCUT2D eigenvalue weighted by Gasteiger charge is 2.37. The number of rotatable bonds is 3. The Balaban J connectivity index is 1.58. The number of amides is 1. The number of hydrogen-bond donors (Lipinski definition) is 1. The first-order valence-corrected chi connectivity index (χ1v) is 10.6.